The van der Waals surface area contributed by atoms with Gasteiger partial charge >= 0.3 is 0 Å². The fourth-order valence-electron chi connectivity index (χ4n) is 9.60. The molecule has 1 aliphatic carbocycles. The zero-order valence-corrected chi connectivity index (χ0v) is 43.6. The van der Waals surface area contributed by atoms with E-state index in [1.54, 1.807) is 0 Å². The SMILES string of the molecule is C=C(C)/C=C\C=C/C.C=Cc1ccc(-c2ccccc2-n2c3ccccc3c3cc(-c4ccc5c6ccccc6n(-c6ccc(-c7ccccc7)cc6)c5c4)ccc32)cc1/C=C\C.CC.CC1C=CC=CC1C. The Morgan fingerprint density at radius 1 is 0.466 bits per heavy atom. The van der Waals surface area contributed by atoms with Crippen molar-refractivity contribution in [1.29, 1.82) is 0 Å². The van der Waals surface area contributed by atoms with E-state index in [1.807, 2.05) is 58.1 Å². The van der Waals surface area contributed by atoms with Crippen LogP contribution in [0.1, 0.15) is 59.6 Å². The zero-order chi connectivity index (χ0) is 51.3. The minimum atomic E-state index is 0.736. The van der Waals surface area contributed by atoms with Gasteiger partial charge in [-0.3, -0.25) is 0 Å². The molecule has 2 unspecified atom stereocenters. The van der Waals surface area contributed by atoms with Crippen molar-refractivity contribution in [1.82, 2.24) is 9.13 Å². The van der Waals surface area contributed by atoms with E-state index in [2.05, 4.69) is 262 Å². The molecule has 2 heterocycles. The minimum absolute atomic E-state index is 0.736. The maximum atomic E-state index is 4.05. The molecule has 0 N–H and O–H groups in total. The first kappa shape index (κ1) is 50.9. The fourth-order valence-corrected chi connectivity index (χ4v) is 9.60. The van der Waals surface area contributed by atoms with E-state index in [0.717, 1.165) is 39.9 Å². The Morgan fingerprint density at radius 3 is 1.67 bits per heavy atom. The van der Waals surface area contributed by atoms with Gasteiger partial charge in [-0.05, 0) is 126 Å². The Kier molecular flexibility index (Phi) is 16.8. The number of hydrogen-bond acceptors (Lipinski definition) is 0. The highest BCUT2D eigenvalue weighted by molar-refractivity contribution is 6.12. The van der Waals surface area contributed by atoms with Gasteiger partial charge in [-0.25, -0.2) is 0 Å². The maximum Gasteiger partial charge on any atom is 0.0547 e. The Hall–Kier alpha value is -8.46. The first-order valence-corrected chi connectivity index (χ1v) is 25.8. The molecule has 1 aliphatic rings. The lowest BCUT2D eigenvalue weighted by molar-refractivity contribution is 0.552. The van der Waals surface area contributed by atoms with E-state index in [1.165, 1.54) is 77.0 Å². The molecule has 0 amide bonds. The molecule has 0 radical (unpaired) electrons. The number of benzene rings is 8. The zero-order valence-electron chi connectivity index (χ0n) is 43.6. The lowest BCUT2D eigenvalue weighted by Crippen LogP contribution is -2.03. The first-order chi connectivity index (χ1) is 35.8. The van der Waals surface area contributed by atoms with Gasteiger partial charge in [0.25, 0.3) is 0 Å². The summed E-state index contributed by atoms with van der Waals surface area (Å²) < 4.78 is 4.84. The second-order valence-electron chi connectivity index (χ2n) is 18.4. The van der Waals surface area contributed by atoms with Crippen LogP contribution in [0.15, 0.2) is 255 Å². The van der Waals surface area contributed by atoms with Crippen LogP contribution >= 0.6 is 0 Å². The Labute approximate surface area is 434 Å². The summed E-state index contributed by atoms with van der Waals surface area (Å²) in [6.07, 6.45) is 22.8. The quantitative estimate of drug-likeness (QED) is 0.128. The molecule has 2 heteroatoms. The molecule has 8 aromatic carbocycles. The molecule has 0 aliphatic heterocycles. The van der Waals surface area contributed by atoms with Gasteiger partial charge in [-0.1, -0.05) is 241 Å². The highest BCUT2D eigenvalue weighted by atomic mass is 15.0. The predicted molar refractivity (Wildman–Crippen MR) is 323 cm³/mol. The van der Waals surface area contributed by atoms with Gasteiger partial charge in [0.1, 0.15) is 0 Å². The standard InChI is InChI=1S/C53H38N2.2C8H12.C2H6/c1-3-14-39-33-42(24-23-36(39)4-2)44-17-8-11-20-49(44)55-51-22-13-10-19-46(51)48-34-40(28-32-52(48)55)41-27-31-47-45-18-9-12-21-50(45)54(53(47)35-41)43-29-25-38(26-30-43)37-15-6-5-7-16-37;1-7-5-3-4-6-8(7)2;1-4-5-6-7-8(2)3;1-2/h3-35H,2H2,1H3;3-8H,1-2H3;4-7H,2H2,1,3H3;1-2H3/b14-3-;;5-4-,7-6-;. The molecular weight excluding hydrogens is 881 g/mol. The molecule has 2 atom stereocenters. The monoisotopic (exact) mass is 949 g/mol. The summed E-state index contributed by atoms with van der Waals surface area (Å²) in [5, 5.41) is 4.97. The highest BCUT2D eigenvalue weighted by Gasteiger charge is 2.18. The molecule has 0 saturated carbocycles. The molecule has 10 aromatic rings. The van der Waals surface area contributed by atoms with Crippen molar-refractivity contribution < 1.29 is 0 Å². The van der Waals surface area contributed by atoms with Crippen LogP contribution in [0.25, 0.3) is 101 Å². The lowest BCUT2D eigenvalue weighted by atomic mass is 9.92. The summed E-state index contributed by atoms with van der Waals surface area (Å²) in [5.41, 5.74) is 17.6. The molecule has 2 nitrogen and oxygen atoms in total. The van der Waals surface area contributed by atoms with Crippen LogP contribution in [0.4, 0.5) is 0 Å². The van der Waals surface area contributed by atoms with E-state index < -0.39 is 0 Å². The van der Waals surface area contributed by atoms with Crippen LogP contribution in [0.2, 0.25) is 0 Å². The van der Waals surface area contributed by atoms with Crippen LogP contribution in [-0.4, -0.2) is 9.13 Å². The second kappa shape index (κ2) is 24.1. The number of aromatic nitrogens is 2. The maximum absolute atomic E-state index is 4.05. The molecule has 0 saturated heterocycles. The summed E-state index contributed by atoms with van der Waals surface area (Å²) in [6, 6.07) is 66.4. The molecule has 0 bridgehead atoms. The van der Waals surface area contributed by atoms with Crippen molar-refractivity contribution in [2.24, 2.45) is 11.8 Å². The van der Waals surface area contributed by atoms with Gasteiger partial charge < -0.3 is 9.13 Å². The number of allylic oxidation sites excluding steroid dienone is 10. The van der Waals surface area contributed by atoms with Gasteiger partial charge in [0, 0.05) is 32.8 Å². The summed E-state index contributed by atoms with van der Waals surface area (Å²) in [5.74, 6) is 1.47. The second-order valence-corrected chi connectivity index (χ2v) is 18.4. The normalized spacial score (nSPS) is 14.1. The number of rotatable bonds is 9. The number of hydrogen-bond donors (Lipinski definition) is 0. The molecular formula is C71H68N2. The van der Waals surface area contributed by atoms with E-state index in [-0.39, 0.29) is 0 Å². The van der Waals surface area contributed by atoms with E-state index >= 15 is 0 Å². The number of nitrogens with zero attached hydrogens (tertiary/aromatic N) is 2. The predicted octanol–water partition coefficient (Wildman–Crippen LogP) is 20.7. The lowest BCUT2D eigenvalue weighted by Gasteiger charge is -2.15. The van der Waals surface area contributed by atoms with Crippen molar-refractivity contribution in [2.45, 2.75) is 48.5 Å². The molecule has 2 aromatic heterocycles. The summed E-state index contributed by atoms with van der Waals surface area (Å²) in [6.45, 7) is 22.3. The average Bonchev–Trinajstić information content (AvgIpc) is 3.95. The Morgan fingerprint density at radius 2 is 1.01 bits per heavy atom. The van der Waals surface area contributed by atoms with E-state index in [0.29, 0.717) is 0 Å². The van der Waals surface area contributed by atoms with Crippen LogP contribution < -0.4 is 0 Å². The van der Waals surface area contributed by atoms with Crippen LogP contribution in [-0.2, 0) is 0 Å². The summed E-state index contributed by atoms with van der Waals surface area (Å²) in [4.78, 5) is 0. The molecule has 362 valence electrons. The van der Waals surface area contributed by atoms with Crippen molar-refractivity contribution in [3.05, 3.63) is 267 Å². The van der Waals surface area contributed by atoms with Crippen LogP contribution in [0.5, 0.6) is 0 Å². The smallest absolute Gasteiger partial charge is 0.0547 e. The van der Waals surface area contributed by atoms with Crippen molar-refractivity contribution in [3.63, 3.8) is 0 Å². The number of fused-ring (bicyclic) bond motifs is 6. The van der Waals surface area contributed by atoms with Crippen LogP contribution in [0, 0.1) is 11.8 Å². The fraction of sp³-hybridized carbons (Fsp3) is 0.127. The third-order valence-corrected chi connectivity index (χ3v) is 13.5. The third-order valence-electron chi connectivity index (χ3n) is 13.5. The van der Waals surface area contributed by atoms with Gasteiger partial charge in [0.2, 0.25) is 0 Å². The Balaban J connectivity index is 0.000000338. The molecule has 0 spiro atoms. The van der Waals surface area contributed by atoms with E-state index in [9.17, 15) is 0 Å². The first-order valence-electron chi connectivity index (χ1n) is 25.8. The van der Waals surface area contributed by atoms with Gasteiger partial charge in [-0.2, -0.15) is 0 Å². The van der Waals surface area contributed by atoms with Gasteiger partial charge in [-0.15, -0.1) is 0 Å². The molecule has 11 rings (SSSR count). The van der Waals surface area contributed by atoms with Crippen molar-refractivity contribution >= 4 is 55.8 Å². The summed E-state index contributed by atoms with van der Waals surface area (Å²) >= 11 is 0. The van der Waals surface area contributed by atoms with Crippen LogP contribution in [0.3, 0.4) is 0 Å². The molecule has 0 fully saturated rings. The molecule has 73 heavy (non-hydrogen) atoms. The number of para-hydroxylation sites is 3. The third kappa shape index (κ3) is 11.2. The minimum Gasteiger partial charge on any atom is -0.309 e. The highest BCUT2D eigenvalue weighted by Crippen LogP contribution is 2.40. The largest absolute Gasteiger partial charge is 0.309 e. The van der Waals surface area contributed by atoms with E-state index in [4.69, 9.17) is 0 Å². The summed E-state index contributed by atoms with van der Waals surface area (Å²) in [7, 11) is 0. The van der Waals surface area contributed by atoms with Gasteiger partial charge in [0.15, 0.2) is 0 Å². The van der Waals surface area contributed by atoms with Crippen molar-refractivity contribution in [3.8, 4) is 44.8 Å². The van der Waals surface area contributed by atoms with Crippen molar-refractivity contribution in [2.75, 3.05) is 0 Å². The topological polar surface area (TPSA) is 9.86 Å². The van der Waals surface area contributed by atoms with Gasteiger partial charge in [0.05, 0.1) is 27.8 Å². The average molecular weight is 949 g/mol. The Bertz CT molecular complexity index is 3660.